The molecule has 7 nitrogen and oxygen atoms in total. The molecule has 1 aromatic rings. The topological polar surface area (TPSA) is 105 Å². The Bertz CT molecular complexity index is 384. The first kappa shape index (κ1) is 15.5. The van der Waals surface area contributed by atoms with E-state index in [-0.39, 0.29) is 5.92 Å². The van der Waals surface area contributed by atoms with Crippen LogP contribution in [-0.4, -0.2) is 34.8 Å². The number of ether oxygens (including phenoxy) is 1. The zero-order valence-electron chi connectivity index (χ0n) is 11.7. The van der Waals surface area contributed by atoms with Gasteiger partial charge in [-0.25, -0.2) is 15.8 Å². The molecule has 1 aromatic heterocycles. The lowest BCUT2D eigenvalue weighted by Crippen LogP contribution is -2.28. The Balaban J connectivity index is 2.72. The van der Waals surface area contributed by atoms with Gasteiger partial charge in [-0.1, -0.05) is 26.7 Å². The monoisotopic (exact) mass is 269 g/mol. The lowest BCUT2D eigenvalue weighted by Gasteiger charge is -2.21. The largest absolute Gasteiger partial charge is 0.490 e. The second kappa shape index (κ2) is 7.75. The molecule has 0 aliphatic rings. The van der Waals surface area contributed by atoms with Crippen LogP contribution in [0.3, 0.4) is 0 Å². The Morgan fingerprint density at radius 2 is 1.95 bits per heavy atom. The van der Waals surface area contributed by atoms with E-state index >= 15 is 0 Å². The quantitative estimate of drug-likeness (QED) is 0.412. The number of anilines is 2. The molecule has 0 saturated heterocycles. The van der Waals surface area contributed by atoms with Crippen molar-refractivity contribution in [3.63, 3.8) is 0 Å². The summed E-state index contributed by atoms with van der Waals surface area (Å²) in [4.78, 5) is 8.04. The predicted octanol–water partition coefficient (Wildman–Crippen LogP) is 0.980. The van der Waals surface area contributed by atoms with Gasteiger partial charge in [-0.2, -0.15) is 0 Å². The molecule has 0 saturated carbocycles. The molecule has 7 heteroatoms. The zero-order valence-corrected chi connectivity index (χ0v) is 11.7. The first-order valence-electron chi connectivity index (χ1n) is 6.45. The van der Waals surface area contributed by atoms with Gasteiger partial charge in [0.2, 0.25) is 5.75 Å². The van der Waals surface area contributed by atoms with E-state index in [1.807, 2.05) is 0 Å². The van der Waals surface area contributed by atoms with Crippen LogP contribution < -0.4 is 21.3 Å². The lowest BCUT2D eigenvalue weighted by atomic mass is 9.96. The first-order valence-corrected chi connectivity index (χ1v) is 6.45. The molecule has 0 bridgehead atoms. The molecule has 19 heavy (non-hydrogen) atoms. The van der Waals surface area contributed by atoms with Gasteiger partial charge in [0.25, 0.3) is 0 Å². The lowest BCUT2D eigenvalue weighted by molar-refractivity contribution is 0.114. The van der Waals surface area contributed by atoms with Gasteiger partial charge in [0, 0.05) is 6.54 Å². The molecule has 0 aliphatic carbocycles. The Kier molecular flexibility index (Phi) is 6.31. The van der Waals surface area contributed by atoms with Gasteiger partial charge in [-0.05, 0) is 5.92 Å². The SMILES string of the molecule is CCC(CC)C(O)CNc1ncnc(NN)c1OC. The number of nitrogen functional groups attached to an aromatic ring is 1. The number of nitrogens with zero attached hydrogens (tertiary/aromatic N) is 2. The molecule has 0 aromatic carbocycles. The summed E-state index contributed by atoms with van der Waals surface area (Å²) < 4.78 is 5.20. The number of hydrogen-bond acceptors (Lipinski definition) is 7. The first-order chi connectivity index (χ1) is 9.17. The van der Waals surface area contributed by atoms with Crippen molar-refractivity contribution in [3.8, 4) is 5.75 Å². The molecular weight excluding hydrogens is 246 g/mol. The number of nitrogens with two attached hydrogens (primary N) is 1. The molecule has 1 heterocycles. The number of nitrogens with one attached hydrogen (secondary N) is 2. The van der Waals surface area contributed by atoms with E-state index in [2.05, 4.69) is 34.6 Å². The summed E-state index contributed by atoms with van der Waals surface area (Å²) in [7, 11) is 1.52. The van der Waals surface area contributed by atoms with Gasteiger partial charge >= 0.3 is 0 Å². The van der Waals surface area contributed by atoms with Crippen molar-refractivity contribution in [2.75, 3.05) is 24.4 Å². The van der Waals surface area contributed by atoms with E-state index < -0.39 is 6.10 Å². The van der Waals surface area contributed by atoms with Crippen LogP contribution in [0.15, 0.2) is 6.33 Å². The molecule has 1 rings (SSSR count). The Morgan fingerprint density at radius 1 is 1.32 bits per heavy atom. The van der Waals surface area contributed by atoms with E-state index in [1.54, 1.807) is 0 Å². The average molecular weight is 269 g/mol. The molecule has 0 radical (unpaired) electrons. The minimum absolute atomic E-state index is 0.271. The molecule has 5 N–H and O–H groups in total. The highest BCUT2D eigenvalue weighted by Gasteiger charge is 2.17. The predicted molar refractivity (Wildman–Crippen MR) is 75.0 cm³/mol. The highest BCUT2D eigenvalue weighted by atomic mass is 16.5. The number of hydrogen-bond donors (Lipinski definition) is 4. The maximum Gasteiger partial charge on any atom is 0.205 e. The van der Waals surface area contributed by atoms with Crippen LogP contribution in [0.2, 0.25) is 0 Å². The van der Waals surface area contributed by atoms with Crippen molar-refractivity contribution >= 4 is 11.6 Å². The van der Waals surface area contributed by atoms with Crippen LogP contribution in [0, 0.1) is 5.92 Å². The van der Waals surface area contributed by atoms with E-state index in [1.165, 1.54) is 13.4 Å². The zero-order chi connectivity index (χ0) is 14.3. The molecule has 1 unspecified atom stereocenters. The van der Waals surface area contributed by atoms with Crippen LogP contribution in [0.4, 0.5) is 11.6 Å². The summed E-state index contributed by atoms with van der Waals surface area (Å²) >= 11 is 0. The van der Waals surface area contributed by atoms with E-state index in [9.17, 15) is 5.11 Å². The Labute approximate surface area is 113 Å². The van der Waals surface area contributed by atoms with Crippen LogP contribution in [0.1, 0.15) is 26.7 Å². The Hall–Kier alpha value is -1.60. The average Bonchev–Trinajstić information content (AvgIpc) is 2.45. The van der Waals surface area contributed by atoms with E-state index in [4.69, 9.17) is 10.6 Å². The number of rotatable bonds is 8. The molecular formula is C12H23N5O2. The number of aliphatic hydroxyl groups is 1. The minimum atomic E-state index is -0.427. The van der Waals surface area contributed by atoms with E-state index in [0.717, 1.165) is 12.8 Å². The van der Waals surface area contributed by atoms with Crippen molar-refractivity contribution < 1.29 is 9.84 Å². The fraction of sp³-hybridized carbons (Fsp3) is 0.667. The van der Waals surface area contributed by atoms with Gasteiger partial charge in [0.15, 0.2) is 11.6 Å². The minimum Gasteiger partial charge on any atom is -0.490 e. The van der Waals surface area contributed by atoms with Crippen LogP contribution >= 0.6 is 0 Å². The van der Waals surface area contributed by atoms with Crippen molar-refractivity contribution in [2.24, 2.45) is 11.8 Å². The van der Waals surface area contributed by atoms with Gasteiger partial charge in [-0.15, -0.1) is 0 Å². The molecule has 1 atom stereocenters. The van der Waals surface area contributed by atoms with Crippen molar-refractivity contribution in [3.05, 3.63) is 6.33 Å². The number of hydrazine groups is 1. The highest BCUT2D eigenvalue weighted by molar-refractivity contribution is 5.62. The molecule has 0 aliphatic heterocycles. The second-order valence-electron chi connectivity index (χ2n) is 4.27. The maximum atomic E-state index is 10.1. The summed E-state index contributed by atoms with van der Waals surface area (Å²) in [5, 5.41) is 13.1. The highest BCUT2D eigenvalue weighted by Crippen LogP contribution is 2.28. The van der Waals surface area contributed by atoms with Gasteiger partial charge < -0.3 is 20.6 Å². The number of methoxy groups -OCH3 is 1. The van der Waals surface area contributed by atoms with Gasteiger partial charge in [0.1, 0.15) is 6.33 Å². The molecule has 0 fully saturated rings. The number of aliphatic hydroxyl groups excluding tert-OH is 1. The third-order valence-electron chi connectivity index (χ3n) is 3.22. The van der Waals surface area contributed by atoms with Crippen molar-refractivity contribution in [1.29, 1.82) is 0 Å². The Morgan fingerprint density at radius 3 is 2.47 bits per heavy atom. The molecule has 108 valence electrons. The summed E-state index contributed by atoms with van der Waals surface area (Å²) in [6.07, 6.45) is 2.83. The second-order valence-corrected chi connectivity index (χ2v) is 4.27. The molecule has 0 spiro atoms. The summed E-state index contributed by atoms with van der Waals surface area (Å²) in [6, 6.07) is 0. The fourth-order valence-electron chi connectivity index (χ4n) is 2.00. The summed E-state index contributed by atoms with van der Waals surface area (Å²) in [5.74, 6) is 6.96. The number of aromatic nitrogens is 2. The summed E-state index contributed by atoms with van der Waals surface area (Å²) in [6.45, 7) is 4.54. The van der Waals surface area contributed by atoms with Crippen molar-refractivity contribution in [1.82, 2.24) is 9.97 Å². The van der Waals surface area contributed by atoms with Crippen LogP contribution in [-0.2, 0) is 0 Å². The third-order valence-corrected chi connectivity index (χ3v) is 3.22. The van der Waals surface area contributed by atoms with Gasteiger partial charge in [-0.3, -0.25) is 0 Å². The van der Waals surface area contributed by atoms with Crippen LogP contribution in [0.5, 0.6) is 5.75 Å². The fourth-order valence-corrected chi connectivity index (χ4v) is 2.00. The smallest absolute Gasteiger partial charge is 0.205 e. The standard InChI is InChI=1S/C12H23N5O2/c1-4-8(5-2)9(18)6-14-11-10(19-3)12(17-13)16-7-15-11/h7-9,18H,4-6,13H2,1-3H3,(H2,14,15,16,17). The maximum absolute atomic E-state index is 10.1. The van der Waals surface area contributed by atoms with Crippen molar-refractivity contribution in [2.45, 2.75) is 32.8 Å². The van der Waals surface area contributed by atoms with Crippen LogP contribution in [0.25, 0.3) is 0 Å². The molecule has 0 amide bonds. The third kappa shape index (κ3) is 3.93. The normalized spacial score (nSPS) is 12.3. The van der Waals surface area contributed by atoms with E-state index in [0.29, 0.717) is 23.9 Å². The summed E-state index contributed by atoms with van der Waals surface area (Å²) in [5.41, 5.74) is 2.44. The van der Waals surface area contributed by atoms with Gasteiger partial charge in [0.05, 0.1) is 13.2 Å².